The molecule has 1 amide bonds. The van der Waals surface area contributed by atoms with Gasteiger partial charge in [0.15, 0.2) is 0 Å². The van der Waals surface area contributed by atoms with Gasteiger partial charge in [0.2, 0.25) is 5.88 Å². The van der Waals surface area contributed by atoms with Crippen LogP contribution in [0.2, 0.25) is 0 Å². The van der Waals surface area contributed by atoms with Crippen molar-refractivity contribution in [1.82, 2.24) is 19.7 Å². The molecule has 25 heavy (non-hydrogen) atoms. The molecule has 2 aromatic rings. The molecule has 1 aliphatic heterocycles. The van der Waals surface area contributed by atoms with Crippen molar-refractivity contribution in [3.63, 3.8) is 0 Å². The molecular weight excluding hydrogens is 341 g/mol. The predicted octanol–water partition coefficient (Wildman–Crippen LogP) is 1.10. The molecule has 0 unspecified atom stereocenters. The molecule has 0 saturated carbocycles. The summed E-state index contributed by atoms with van der Waals surface area (Å²) in [5.41, 5.74) is -1.23. The quantitative estimate of drug-likeness (QED) is 0.825. The fourth-order valence-corrected chi connectivity index (χ4v) is 2.32. The molecule has 10 heteroatoms. The Morgan fingerprint density at radius 1 is 1.28 bits per heavy atom. The summed E-state index contributed by atoms with van der Waals surface area (Å²) in [5.74, 6) is -0.931. The van der Waals surface area contributed by atoms with Crippen LogP contribution in [0, 0.1) is 0 Å². The van der Waals surface area contributed by atoms with E-state index in [4.69, 9.17) is 4.74 Å². The average molecular weight is 354 g/mol. The zero-order valence-corrected chi connectivity index (χ0v) is 13.0. The smallest absolute Gasteiger partial charge is 0.421 e. The summed E-state index contributed by atoms with van der Waals surface area (Å²) in [6.07, 6.45) is -3.95. The lowest BCUT2D eigenvalue weighted by Gasteiger charge is -2.38. The minimum atomic E-state index is -4.57. The van der Waals surface area contributed by atoms with E-state index < -0.39 is 29.6 Å². The maximum Gasteiger partial charge on any atom is 0.421 e. The minimum Gasteiger partial charge on any atom is -0.470 e. The van der Waals surface area contributed by atoms with Crippen LogP contribution < -0.4 is 10.3 Å². The van der Waals surface area contributed by atoms with Crippen molar-refractivity contribution in [2.75, 3.05) is 13.1 Å². The first-order valence-corrected chi connectivity index (χ1v) is 7.28. The number of pyridine rings is 1. The summed E-state index contributed by atoms with van der Waals surface area (Å²) in [6, 6.07) is 4.59. The standard InChI is InChI=1S/C15H13F3N4O3/c1-21-12(23)5-4-11(20-21)14(24)22-7-9(8-22)25-13-10(15(16,17)18)3-2-6-19-13/h2-6,9H,7-8H2,1H3. The van der Waals surface area contributed by atoms with Gasteiger partial charge in [-0.15, -0.1) is 0 Å². The van der Waals surface area contributed by atoms with E-state index in [-0.39, 0.29) is 24.3 Å². The van der Waals surface area contributed by atoms with Gasteiger partial charge in [-0.05, 0) is 18.2 Å². The number of hydrogen-bond acceptors (Lipinski definition) is 5. The van der Waals surface area contributed by atoms with Crippen LogP contribution in [0.25, 0.3) is 0 Å². The zero-order chi connectivity index (χ0) is 18.2. The van der Waals surface area contributed by atoms with Crippen LogP contribution in [-0.2, 0) is 13.2 Å². The summed E-state index contributed by atoms with van der Waals surface area (Å²) >= 11 is 0. The molecule has 0 spiro atoms. The Morgan fingerprint density at radius 2 is 2.00 bits per heavy atom. The Bertz CT molecular complexity index is 860. The molecule has 0 bridgehead atoms. The second-order valence-corrected chi connectivity index (χ2v) is 5.48. The molecule has 0 aliphatic carbocycles. The number of carbonyl (C=O) groups is 1. The summed E-state index contributed by atoms with van der Waals surface area (Å²) in [6.45, 7) is 0.217. The molecule has 0 radical (unpaired) electrons. The molecule has 132 valence electrons. The van der Waals surface area contributed by atoms with E-state index in [1.165, 1.54) is 36.3 Å². The van der Waals surface area contributed by atoms with Crippen LogP contribution in [0.3, 0.4) is 0 Å². The monoisotopic (exact) mass is 354 g/mol. The van der Waals surface area contributed by atoms with Crippen molar-refractivity contribution >= 4 is 5.91 Å². The number of halogens is 3. The highest BCUT2D eigenvalue weighted by molar-refractivity contribution is 5.92. The molecule has 3 heterocycles. The molecule has 3 rings (SSSR count). The normalized spacial score (nSPS) is 15.0. The number of rotatable bonds is 3. The van der Waals surface area contributed by atoms with Crippen LogP contribution in [0.4, 0.5) is 13.2 Å². The summed E-state index contributed by atoms with van der Waals surface area (Å²) in [5, 5.41) is 3.84. The van der Waals surface area contributed by atoms with Gasteiger partial charge < -0.3 is 9.64 Å². The lowest BCUT2D eigenvalue weighted by molar-refractivity contribution is -0.140. The van der Waals surface area contributed by atoms with Gasteiger partial charge in [-0.2, -0.15) is 18.3 Å². The van der Waals surface area contributed by atoms with Crippen LogP contribution in [-0.4, -0.2) is 44.8 Å². The number of amides is 1. The molecule has 7 nitrogen and oxygen atoms in total. The first-order chi connectivity index (χ1) is 11.8. The first-order valence-electron chi connectivity index (χ1n) is 7.28. The second-order valence-electron chi connectivity index (χ2n) is 5.48. The molecule has 1 aliphatic rings. The number of aromatic nitrogens is 3. The summed E-state index contributed by atoms with van der Waals surface area (Å²) in [4.78, 5) is 28.5. The Labute approximate surface area is 139 Å². The van der Waals surface area contributed by atoms with E-state index in [9.17, 15) is 22.8 Å². The molecule has 0 atom stereocenters. The van der Waals surface area contributed by atoms with Crippen molar-refractivity contribution in [2.24, 2.45) is 7.05 Å². The number of hydrogen-bond donors (Lipinski definition) is 0. The highest BCUT2D eigenvalue weighted by Gasteiger charge is 2.38. The Morgan fingerprint density at radius 3 is 2.64 bits per heavy atom. The van der Waals surface area contributed by atoms with Crippen LogP contribution in [0.5, 0.6) is 5.88 Å². The fourth-order valence-electron chi connectivity index (χ4n) is 2.32. The molecule has 0 aromatic carbocycles. The molecule has 0 N–H and O–H groups in total. The van der Waals surface area contributed by atoms with E-state index in [1.807, 2.05) is 0 Å². The van der Waals surface area contributed by atoms with E-state index >= 15 is 0 Å². The highest BCUT2D eigenvalue weighted by Crippen LogP contribution is 2.35. The number of nitrogens with zero attached hydrogens (tertiary/aromatic N) is 4. The van der Waals surface area contributed by atoms with Crippen molar-refractivity contribution in [2.45, 2.75) is 12.3 Å². The van der Waals surface area contributed by atoms with Crippen LogP contribution in [0.15, 0.2) is 35.3 Å². The van der Waals surface area contributed by atoms with Crippen molar-refractivity contribution < 1.29 is 22.7 Å². The summed E-state index contributed by atoms with van der Waals surface area (Å²) < 4.78 is 45.0. The van der Waals surface area contributed by atoms with Gasteiger partial charge in [-0.1, -0.05) is 0 Å². The first kappa shape index (κ1) is 16.9. The Kier molecular flexibility index (Phi) is 4.19. The predicted molar refractivity (Wildman–Crippen MR) is 79.0 cm³/mol. The van der Waals surface area contributed by atoms with Gasteiger partial charge in [-0.25, -0.2) is 9.67 Å². The number of carbonyl (C=O) groups excluding carboxylic acids is 1. The van der Waals surface area contributed by atoms with E-state index in [2.05, 4.69) is 10.1 Å². The lowest BCUT2D eigenvalue weighted by Crippen LogP contribution is -2.56. The number of alkyl halides is 3. The average Bonchev–Trinajstić information content (AvgIpc) is 2.52. The van der Waals surface area contributed by atoms with Gasteiger partial charge in [0.1, 0.15) is 17.4 Å². The summed E-state index contributed by atoms with van der Waals surface area (Å²) in [7, 11) is 1.42. The Hall–Kier alpha value is -2.91. The third-order valence-electron chi connectivity index (χ3n) is 3.67. The number of aryl methyl sites for hydroxylation is 1. The van der Waals surface area contributed by atoms with E-state index in [1.54, 1.807) is 0 Å². The second kappa shape index (κ2) is 6.19. The molecule has 1 fully saturated rings. The topological polar surface area (TPSA) is 77.3 Å². The van der Waals surface area contributed by atoms with Crippen molar-refractivity contribution in [3.8, 4) is 5.88 Å². The Balaban J connectivity index is 1.64. The SMILES string of the molecule is Cn1nc(C(=O)N2CC(Oc3ncccc3C(F)(F)F)C2)ccc1=O. The van der Waals surface area contributed by atoms with Crippen LogP contribution in [0.1, 0.15) is 16.1 Å². The van der Waals surface area contributed by atoms with Gasteiger partial charge >= 0.3 is 6.18 Å². The maximum absolute atomic E-state index is 12.9. The molecule has 2 aromatic heterocycles. The van der Waals surface area contributed by atoms with Gasteiger partial charge in [0, 0.05) is 19.3 Å². The van der Waals surface area contributed by atoms with Crippen LogP contribution >= 0.6 is 0 Å². The number of ether oxygens (including phenoxy) is 1. The highest BCUT2D eigenvalue weighted by atomic mass is 19.4. The lowest BCUT2D eigenvalue weighted by atomic mass is 10.1. The van der Waals surface area contributed by atoms with E-state index in [0.29, 0.717) is 0 Å². The zero-order valence-electron chi connectivity index (χ0n) is 13.0. The largest absolute Gasteiger partial charge is 0.470 e. The molecular formula is C15H13F3N4O3. The van der Waals surface area contributed by atoms with Gasteiger partial charge in [0.05, 0.1) is 13.1 Å². The minimum absolute atomic E-state index is 0.0781. The third kappa shape index (κ3) is 3.47. The van der Waals surface area contributed by atoms with Crippen molar-refractivity contribution in [3.05, 3.63) is 52.1 Å². The van der Waals surface area contributed by atoms with Crippen molar-refractivity contribution in [1.29, 1.82) is 0 Å². The number of likely N-dealkylation sites (tertiary alicyclic amines) is 1. The maximum atomic E-state index is 12.9. The van der Waals surface area contributed by atoms with E-state index in [0.717, 1.165) is 10.7 Å². The fraction of sp³-hybridized carbons (Fsp3) is 0.333. The third-order valence-corrected chi connectivity index (χ3v) is 3.67. The van der Waals surface area contributed by atoms with Gasteiger partial charge in [-0.3, -0.25) is 9.59 Å². The molecule has 1 saturated heterocycles. The van der Waals surface area contributed by atoms with Gasteiger partial charge in [0.25, 0.3) is 11.5 Å².